The summed E-state index contributed by atoms with van der Waals surface area (Å²) in [5, 5.41) is 9.86. The van der Waals surface area contributed by atoms with Crippen LogP contribution in [0.15, 0.2) is 42.9 Å². The minimum Gasteiger partial charge on any atom is -0.390 e. The average Bonchev–Trinajstić information content (AvgIpc) is 2.58. The first kappa shape index (κ1) is 18.1. The molecule has 5 nitrogen and oxygen atoms in total. The maximum Gasteiger partial charge on any atom is 0.254 e. The monoisotopic (exact) mass is 327 g/mol. The van der Waals surface area contributed by atoms with E-state index in [1.165, 1.54) is 6.33 Å². The number of amides is 1. The van der Waals surface area contributed by atoms with Crippen LogP contribution in [0.4, 0.5) is 0 Å². The van der Waals surface area contributed by atoms with Gasteiger partial charge in [-0.1, -0.05) is 12.1 Å². The van der Waals surface area contributed by atoms with E-state index in [0.717, 1.165) is 17.7 Å². The van der Waals surface area contributed by atoms with Gasteiger partial charge in [-0.2, -0.15) is 0 Å². The Morgan fingerprint density at radius 3 is 2.71 bits per heavy atom. The summed E-state index contributed by atoms with van der Waals surface area (Å²) in [5.74, 6) is -0.0498. The zero-order chi connectivity index (χ0) is 17.7. The maximum absolute atomic E-state index is 12.7. The van der Waals surface area contributed by atoms with E-state index in [0.29, 0.717) is 12.0 Å². The highest BCUT2D eigenvalue weighted by Crippen LogP contribution is 2.20. The second-order valence-electron chi connectivity index (χ2n) is 6.74. The number of rotatable bonds is 6. The minimum absolute atomic E-state index is 0.0498. The standard InChI is InChI=1S/C19H25N3O2/c1-14(17-9-11-20-13-21-17)22(4)18(23)16-7-5-6-15(12-16)8-10-19(2,3)24/h5-7,9,11-14,24H,8,10H2,1-4H3/t14-/m1/s1. The van der Waals surface area contributed by atoms with Gasteiger partial charge in [0.05, 0.1) is 17.3 Å². The summed E-state index contributed by atoms with van der Waals surface area (Å²) in [6.45, 7) is 5.52. The smallest absolute Gasteiger partial charge is 0.254 e. The van der Waals surface area contributed by atoms with Crippen molar-refractivity contribution in [2.45, 2.75) is 45.3 Å². The van der Waals surface area contributed by atoms with Crippen LogP contribution < -0.4 is 0 Å². The van der Waals surface area contributed by atoms with E-state index >= 15 is 0 Å². The lowest BCUT2D eigenvalue weighted by Gasteiger charge is -2.24. The molecule has 1 atom stereocenters. The third-order valence-corrected chi connectivity index (χ3v) is 4.13. The summed E-state index contributed by atoms with van der Waals surface area (Å²) in [6, 6.07) is 9.26. The van der Waals surface area contributed by atoms with Crippen LogP contribution in [-0.4, -0.2) is 38.5 Å². The van der Waals surface area contributed by atoms with Gasteiger partial charge < -0.3 is 10.0 Å². The van der Waals surface area contributed by atoms with Crippen molar-refractivity contribution in [2.75, 3.05) is 7.05 Å². The van der Waals surface area contributed by atoms with Gasteiger partial charge in [0.25, 0.3) is 5.91 Å². The lowest BCUT2D eigenvalue weighted by Crippen LogP contribution is -2.30. The Morgan fingerprint density at radius 1 is 1.33 bits per heavy atom. The molecule has 0 aliphatic heterocycles. The van der Waals surface area contributed by atoms with Crippen LogP contribution in [-0.2, 0) is 6.42 Å². The zero-order valence-electron chi connectivity index (χ0n) is 14.7. The third kappa shape index (κ3) is 4.86. The molecule has 24 heavy (non-hydrogen) atoms. The Balaban J connectivity index is 2.11. The number of carbonyl (C=O) groups is 1. The van der Waals surface area contributed by atoms with Gasteiger partial charge in [0.15, 0.2) is 0 Å². The molecule has 1 amide bonds. The van der Waals surface area contributed by atoms with Crippen molar-refractivity contribution in [3.63, 3.8) is 0 Å². The Hall–Kier alpha value is -2.27. The molecule has 0 bridgehead atoms. The van der Waals surface area contributed by atoms with Gasteiger partial charge in [0.1, 0.15) is 6.33 Å². The van der Waals surface area contributed by atoms with Gasteiger partial charge in [-0.3, -0.25) is 4.79 Å². The molecule has 0 radical (unpaired) electrons. The lowest BCUT2D eigenvalue weighted by atomic mass is 9.97. The first-order valence-electron chi connectivity index (χ1n) is 8.12. The molecule has 2 rings (SSSR count). The second-order valence-corrected chi connectivity index (χ2v) is 6.74. The summed E-state index contributed by atoms with van der Waals surface area (Å²) >= 11 is 0. The first-order valence-corrected chi connectivity index (χ1v) is 8.12. The van der Waals surface area contributed by atoms with E-state index in [2.05, 4.69) is 9.97 Å². The van der Waals surface area contributed by atoms with Crippen LogP contribution in [0, 0.1) is 0 Å². The minimum atomic E-state index is -0.710. The lowest BCUT2D eigenvalue weighted by molar-refractivity contribution is 0.0714. The molecular weight excluding hydrogens is 302 g/mol. The van der Waals surface area contributed by atoms with E-state index in [9.17, 15) is 9.90 Å². The van der Waals surface area contributed by atoms with E-state index in [1.807, 2.05) is 37.3 Å². The molecule has 128 valence electrons. The molecular formula is C19H25N3O2. The van der Waals surface area contributed by atoms with Gasteiger partial charge >= 0.3 is 0 Å². The zero-order valence-corrected chi connectivity index (χ0v) is 14.7. The Morgan fingerprint density at radius 2 is 2.08 bits per heavy atom. The highest BCUT2D eigenvalue weighted by Gasteiger charge is 2.20. The fourth-order valence-corrected chi connectivity index (χ4v) is 2.44. The van der Waals surface area contributed by atoms with E-state index < -0.39 is 5.60 Å². The largest absolute Gasteiger partial charge is 0.390 e. The summed E-state index contributed by atoms with van der Waals surface area (Å²) in [5.41, 5.74) is 1.79. The third-order valence-electron chi connectivity index (χ3n) is 4.13. The number of aryl methyl sites for hydroxylation is 1. The van der Waals surface area contributed by atoms with Crippen LogP contribution in [0.25, 0.3) is 0 Å². The first-order chi connectivity index (χ1) is 11.3. The number of nitrogens with zero attached hydrogens (tertiary/aromatic N) is 3. The quantitative estimate of drug-likeness (QED) is 0.885. The number of benzene rings is 1. The van der Waals surface area contributed by atoms with E-state index in [4.69, 9.17) is 0 Å². The summed E-state index contributed by atoms with van der Waals surface area (Å²) < 4.78 is 0. The van der Waals surface area contributed by atoms with Crippen molar-refractivity contribution in [3.05, 3.63) is 59.7 Å². The molecule has 1 heterocycles. The Bertz CT molecular complexity index is 681. The average molecular weight is 327 g/mol. The molecule has 1 aromatic carbocycles. The predicted octanol–water partition coefficient (Wildman–Crippen LogP) is 3.01. The normalized spacial score (nSPS) is 12.7. The summed E-state index contributed by atoms with van der Waals surface area (Å²) in [6.07, 6.45) is 4.55. The molecule has 0 aliphatic rings. The fourth-order valence-electron chi connectivity index (χ4n) is 2.44. The predicted molar refractivity (Wildman–Crippen MR) is 93.6 cm³/mol. The van der Waals surface area contributed by atoms with Crippen molar-refractivity contribution >= 4 is 5.91 Å². The second kappa shape index (κ2) is 7.53. The molecule has 0 unspecified atom stereocenters. The number of hydrogen-bond acceptors (Lipinski definition) is 4. The Kier molecular flexibility index (Phi) is 5.67. The van der Waals surface area contributed by atoms with Crippen molar-refractivity contribution in [2.24, 2.45) is 0 Å². The molecule has 1 aromatic heterocycles. The topological polar surface area (TPSA) is 66.3 Å². The summed E-state index contributed by atoms with van der Waals surface area (Å²) in [4.78, 5) is 22.5. The SMILES string of the molecule is C[C@H](c1ccncn1)N(C)C(=O)c1cccc(CCC(C)(C)O)c1. The van der Waals surface area contributed by atoms with Crippen molar-refractivity contribution in [1.82, 2.24) is 14.9 Å². The maximum atomic E-state index is 12.7. The number of carbonyl (C=O) groups excluding carboxylic acids is 1. The van der Waals surface area contributed by atoms with Crippen molar-refractivity contribution in [3.8, 4) is 0 Å². The molecule has 0 fully saturated rings. The van der Waals surface area contributed by atoms with Crippen LogP contribution in [0.1, 0.15) is 54.8 Å². The fraction of sp³-hybridized carbons (Fsp3) is 0.421. The molecule has 0 spiro atoms. The number of hydrogen-bond donors (Lipinski definition) is 1. The summed E-state index contributed by atoms with van der Waals surface area (Å²) in [7, 11) is 1.78. The van der Waals surface area contributed by atoms with Gasteiger partial charge in [0, 0.05) is 18.8 Å². The molecule has 2 aromatic rings. The van der Waals surface area contributed by atoms with Gasteiger partial charge in [-0.25, -0.2) is 9.97 Å². The van der Waals surface area contributed by atoms with E-state index in [-0.39, 0.29) is 11.9 Å². The van der Waals surface area contributed by atoms with Crippen LogP contribution >= 0.6 is 0 Å². The van der Waals surface area contributed by atoms with Gasteiger partial charge in [0.2, 0.25) is 0 Å². The molecule has 5 heteroatoms. The van der Waals surface area contributed by atoms with Crippen LogP contribution in [0.5, 0.6) is 0 Å². The van der Waals surface area contributed by atoms with Crippen molar-refractivity contribution in [1.29, 1.82) is 0 Å². The van der Waals surface area contributed by atoms with Crippen LogP contribution in [0.2, 0.25) is 0 Å². The van der Waals surface area contributed by atoms with Gasteiger partial charge in [-0.15, -0.1) is 0 Å². The molecule has 0 aliphatic carbocycles. The van der Waals surface area contributed by atoms with Crippen LogP contribution in [0.3, 0.4) is 0 Å². The molecule has 1 N–H and O–H groups in total. The molecule has 0 saturated heterocycles. The number of aromatic nitrogens is 2. The van der Waals surface area contributed by atoms with Crippen molar-refractivity contribution < 1.29 is 9.90 Å². The van der Waals surface area contributed by atoms with Gasteiger partial charge in [-0.05, 0) is 57.4 Å². The Labute approximate surface area is 143 Å². The molecule has 0 saturated carbocycles. The van der Waals surface area contributed by atoms with E-state index in [1.54, 1.807) is 32.0 Å². The highest BCUT2D eigenvalue weighted by atomic mass is 16.3. The number of aliphatic hydroxyl groups is 1. The highest BCUT2D eigenvalue weighted by molar-refractivity contribution is 5.94.